The van der Waals surface area contributed by atoms with E-state index in [0.29, 0.717) is 0 Å². The number of carbonyl (C=O) groups is 3. The first kappa shape index (κ1) is 23.5. The van der Waals surface area contributed by atoms with Crippen molar-refractivity contribution >= 4 is 29.5 Å². The van der Waals surface area contributed by atoms with Crippen LogP contribution in [0.3, 0.4) is 0 Å². The Kier molecular flexibility index (Phi) is 7.83. The summed E-state index contributed by atoms with van der Waals surface area (Å²) in [6.45, 7) is -1.28. The number of alkyl halides is 3. The van der Waals surface area contributed by atoms with E-state index in [1.165, 1.54) is 12.1 Å². The van der Waals surface area contributed by atoms with Crippen molar-refractivity contribution in [3.63, 3.8) is 0 Å². The number of anilines is 1. The van der Waals surface area contributed by atoms with Crippen LogP contribution in [-0.2, 0) is 25.3 Å². The summed E-state index contributed by atoms with van der Waals surface area (Å²) >= 11 is 0. The summed E-state index contributed by atoms with van der Waals surface area (Å²) in [4.78, 5) is 34.9. The maximum absolute atomic E-state index is 13.1. The van der Waals surface area contributed by atoms with E-state index in [1.54, 1.807) is 0 Å². The van der Waals surface area contributed by atoms with E-state index in [1.807, 2.05) is 0 Å². The lowest BCUT2D eigenvalue weighted by Gasteiger charge is -2.07. The van der Waals surface area contributed by atoms with E-state index in [0.717, 1.165) is 42.5 Å². The van der Waals surface area contributed by atoms with Crippen molar-refractivity contribution in [1.29, 1.82) is 0 Å². The molecule has 0 fully saturated rings. The number of rotatable bonds is 7. The fourth-order valence-corrected chi connectivity index (χ4v) is 2.18. The summed E-state index contributed by atoms with van der Waals surface area (Å²) in [5.41, 5.74) is -0.807. The average molecular weight is 442 g/mol. The predicted molar refractivity (Wildman–Crippen MR) is 99.4 cm³/mol. The molecular weight excluding hydrogens is 427 g/mol. The third-order valence-electron chi connectivity index (χ3n) is 3.62. The average Bonchev–Trinajstić information content (AvgIpc) is 2.71. The largest absolute Gasteiger partial charge is 0.452 e. The lowest BCUT2D eigenvalue weighted by molar-refractivity contribution is -0.143. The van der Waals surface area contributed by atoms with Gasteiger partial charge in [-0.05, 0) is 35.9 Å². The number of hydrogen-bond donors (Lipinski definition) is 2. The second kappa shape index (κ2) is 10.3. The molecule has 2 rings (SSSR count). The van der Waals surface area contributed by atoms with Crippen LogP contribution in [0.4, 0.5) is 27.6 Å². The number of esters is 1. The van der Waals surface area contributed by atoms with Gasteiger partial charge in [-0.3, -0.25) is 9.59 Å². The Morgan fingerprint density at radius 1 is 0.968 bits per heavy atom. The van der Waals surface area contributed by atoms with Crippen molar-refractivity contribution < 1.29 is 41.1 Å². The summed E-state index contributed by atoms with van der Waals surface area (Å²) in [6, 6.07) is 6.93. The topological polar surface area (TPSA) is 84.5 Å². The van der Waals surface area contributed by atoms with Crippen LogP contribution in [0.5, 0.6) is 0 Å². The van der Waals surface area contributed by atoms with Gasteiger partial charge in [-0.2, -0.15) is 13.2 Å². The molecule has 2 aromatic rings. The Morgan fingerprint density at radius 2 is 1.71 bits per heavy atom. The van der Waals surface area contributed by atoms with Crippen molar-refractivity contribution in [1.82, 2.24) is 5.32 Å². The Hall–Kier alpha value is -3.76. The highest BCUT2D eigenvalue weighted by atomic mass is 19.4. The second-order valence-corrected chi connectivity index (χ2v) is 6.02. The minimum Gasteiger partial charge on any atom is -0.452 e. The zero-order valence-corrected chi connectivity index (χ0v) is 15.6. The Labute approximate surface area is 172 Å². The minimum absolute atomic E-state index is 0.0238. The van der Waals surface area contributed by atoms with Crippen LogP contribution in [0.25, 0.3) is 6.08 Å². The number of amides is 2. The van der Waals surface area contributed by atoms with Gasteiger partial charge in [0.25, 0.3) is 5.91 Å². The summed E-state index contributed by atoms with van der Waals surface area (Å²) in [6.07, 6.45) is -2.59. The van der Waals surface area contributed by atoms with Gasteiger partial charge in [0.1, 0.15) is 0 Å². The fraction of sp³-hybridized carbons (Fsp3) is 0.150. The van der Waals surface area contributed by atoms with E-state index in [2.05, 4.69) is 15.4 Å². The van der Waals surface area contributed by atoms with Gasteiger partial charge in [0.15, 0.2) is 18.2 Å². The molecular formula is C20H15F5N2O4. The van der Waals surface area contributed by atoms with Crippen molar-refractivity contribution in [2.75, 3.05) is 18.5 Å². The molecule has 0 atom stereocenters. The zero-order valence-electron chi connectivity index (χ0n) is 15.6. The van der Waals surface area contributed by atoms with Crippen molar-refractivity contribution in [2.45, 2.75) is 6.18 Å². The summed E-state index contributed by atoms with van der Waals surface area (Å²) in [5, 5.41) is 4.36. The van der Waals surface area contributed by atoms with Gasteiger partial charge in [-0.25, -0.2) is 13.6 Å². The van der Waals surface area contributed by atoms with Gasteiger partial charge in [-0.15, -0.1) is 0 Å². The molecule has 0 aliphatic heterocycles. The van der Waals surface area contributed by atoms with E-state index in [-0.39, 0.29) is 11.3 Å². The number of nitrogens with one attached hydrogen (secondary N) is 2. The summed E-state index contributed by atoms with van der Waals surface area (Å²) < 4.78 is 68.4. The Morgan fingerprint density at radius 3 is 2.39 bits per heavy atom. The Bertz CT molecular complexity index is 1010. The minimum atomic E-state index is -4.53. The number of ether oxygens (including phenoxy) is 1. The number of benzene rings is 2. The molecule has 2 amide bonds. The third kappa shape index (κ3) is 7.88. The maximum Gasteiger partial charge on any atom is 0.416 e. The highest BCUT2D eigenvalue weighted by Gasteiger charge is 2.30. The van der Waals surface area contributed by atoms with Gasteiger partial charge in [0.2, 0.25) is 5.91 Å². The van der Waals surface area contributed by atoms with Crippen LogP contribution < -0.4 is 10.6 Å². The molecule has 0 saturated heterocycles. The van der Waals surface area contributed by atoms with Crippen LogP contribution in [0, 0.1) is 11.6 Å². The van der Waals surface area contributed by atoms with Gasteiger partial charge in [0.05, 0.1) is 12.1 Å². The molecule has 2 aromatic carbocycles. The molecule has 31 heavy (non-hydrogen) atoms. The van der Waals surface area contributed by atoms with Crippen LogP contribution >= 0.6 is 0 Å². The van der Waals surface area contributed by atoms with Crippen molar-refractivity contribution in [3.8, 4) is 0 Å². The van der Waals surface area contributed by atoms with Gasteiger partial charge >= 0.3 is 12.1 Å². The van der Waals surface area contributed by atoms with Gasteiger partial charge < -0.3 is 15.4 Å². The van der Waals surface area contributed by atoms with E-state index in [9.17, 15) is 36.3 Å². The molecule has 0 saturated carbocycles. The highest BCUT2D eigenvalue weighted by molar-refractivity contribution is 5.95. The molecule has 0 radical (unpaired) electrons. The van der Waals surface area contributed by atoms with Gasteiger partial charge in [-0.1, -0.05) is 12.1 Å². The third-order valence-corrected chi connectivity index (χ3v) is 3.62. The molecule has 0 heterocycles. The highest BCUT2D eigenvalue weighted by Crippen LogP contribution is 2.29. The molecule has 2 N–H and O–H groups in total. The van der Waals surface area contributed by atoms with E-state index < -0.39 is 54.3 Å². The SMILES string of the molecule is O=C(COC(=O)/C=C/c1cccc(C(F)(F)F)c1)NCC(=O)Nc1ccc(F)c(F)c1. The number of halogens is 5. The standard InChI is InChI=1S/C20H15F5N2O4/c21-15-6-5-14(9-16(15)22)27-17(28)10-26-18(29)11-31-19(30)7-4-12-2-1-3-13(8-12)20(23,24)25/h1-9H,10-11H2,(H,26,29)(H,27,28)/b7-4+. The van der Waals surface area contributed by atoms with Crippen LogP contribution in [0.2, 0.25) is 0 Å². The first-order valence-electron chi connectivity index (χ1n) is 8.58. The monoisotopic (exact) mass is 442 g/mol. The fourth-order valence-electron chi connectivity index (χ4n) is 2.18. The second-order valence-electron chi connectivity index (χ2n) is 6.02. The lowest BCUT2D eigenvalue weighted by atomic mass is 10.1. The van der Waals surface area contributed by atoms with Crippen LogP contribution in [-0.4, -0.2) is 30.9 Å². The van der Waals surface area contributed by atoms with Crippen LogP contribution in [0.1, 0.15) is 11.1 Å². The molecule has 164 valence electrons. The quantitative estimate of drug-likeness (QED) is 0.392. The van der Waals surface area contributed by atoms with E-state index >= 15 is 0 Å². The molecule has 0 aliphatic rings. The smallest absolute Gasteiger partial charge is 0.416 e. The van der Waals surface area contributed by atoms with Crippen molar-refractivity contribution in [3.05, 3.63) is 71.3 Å². The van der Waals surface area contributed by atoms with Gasteiger partial charge in [0, 0.05) is 17.8 Å². The predicted octanol–water partition coefficient (Wildman–Crippen LogP) is 3.29. The van der Waals surface area contributed by atoms with E-state index in [4.69, 9.17) is 0 Å². The molecule has 0 aliphatic carbocycles. The molecule has 0 bridgehead atoms. The molecule has 0 aromatic heterocycles. The molecule has 6 nitrogen and oxygen atoms in total. The number of hydrogen-bond acceptors (Lipinski definition) is 4. The lowest BCUT2D eigenvalue weighted by Crippen LogP contribution is -2.35. The zero-order chi connectivity index (χ0) is 23.0. The number of carbonyl (C=O) groups excluding carboxylic acids is 3. The summed E-state index contributed by atoms with van der Waals surface area (Å²) in [5.74, 6) is -4.81. The molecule has 11 heteroatoms. The normalized spacial score (nSPS) is 11.3. The molecule has 0 spiro atoms. The maximum atomic E-state index is 13.1. The van der Waals surface area contributed by atoms with Crippen LogP contribution in [0.15, 0.2) is 48.5 Å². The van der Waals surface area contributed by atoms with Crippen molar-refractivity contribution in [2.24, 2.45) is 0 Å². The Balaban J connectivity index is 1.75. The molecule has 0 unspecified atom stereocenters. The summed E-state index contributed by atoms with van der Waals surface area (Å²) in [7, 11) is 0. The first-order valence-corrected chi connectivity index (χ1v) is 8.58. The first-order chi connectivity index (χ1) is 14.5.